The van der Waals surface area contributed by atoms with E-state index in [-0.39, 0.29) is 38.6 Å². The van der Waals surface area contributed by atoms with Gasteiger partial charge in [0.05, 0.1) is 5.56 Å². The Morgan fingerprint density at radius 3 is 2.53 bits per heavy atom. The summed E-state index contributed by atoms with van der Waals surface area (Å²) in [6.07, 6.45) is 0. The number of fused-ring (bicyclic) bond motifs is 1. The highest BCUT2D eigenvalue weighted by atomic mass is 32.1. The average molecular weight is 445 g/mol. The molecule has 1 amide bonds. The number of phenolic OH excluding ortho intramolecular Hbond substituents is 1. The summed E-state index contributed by atoms with van der Waals surface area (Å²) < 4.78 is 29.2. The largest absolute Gasteiger partial charge is 0.507 e. The van der Waals surface area contributed by atoms with Crippen molar-refractivity contribution in [2.75, 3.05) is 5.32 Å². The summed E-state index contributed by atoms with van der Waals surface area (Å²) >= 11 is 2.27. The fraction of sp³-hybridized carbons (Fsp3) is 0.0476. The number of nitrogens with one attached hydrogen (secondary N) is 1. The van der Waals surface area contributed by atoms with Crippen LogP contribution in [0.4, 0.5) is 13.8 Å². The molecule has 3 N–H and O–H groups in total. The van der Waals surface area contributed by atoms with E-state index in [4.69, 9.17) is 0 Å². The zero-order valence-corrected chi connectivity index (χ0v) is 17.0. The van der Waals surface area contributed by atoms with Crippen LogP contribution >= 0.6 is 22.7 Å². The SMILES string of the molecule is Cc1ccc(-c2csc(NC(=O)c3cc4ccsc4cc3O)c2C(=O)O)c(F)c1F. The smallest absolute Gasteiger partial charge is 0.339 e. The third-order valence-electron chi connectivity index (χ3n) is 4.61. The molecule has 0 radical (unpaired) electrons. The second-order valence-corrected chi connectivity index (χ2v) is 8.33. The molecule has 4 aromatic rings. The lowest BCUT2D eigenvalue weighted by Gasteiger charge is -2.09. The minimum atomic E-state index is -1.40. The Hall–Kier alpha value is -3.30. The number of carbonyl (C=O) groups excluding carboxylic acids is 1. The molecule has 4 rings (SSSR count). The van der Waals surface area contributed by atoms with E-state index in [1.165, 1.54) is 47.9 Å². The monoisotopic (exact) mass is 445 g/mol. The summed E-state index contributed by atoms with van der Waals surface area (Å²) in [7, 11) is 0. The van der Waals surface area contributed by atoms with Crippen LogP contribution < -0.4 is 5.32 Å². The maximum Gasteiger partial charge on any atom is 0.339 e. The quantitative estimate of drug-likeness (QED) is 0.367. The van der Waals surface area contributed by atoms with Crippen molar-refractivity contribution < 1.29 is 28.6 Å². The van der Waals surface area contributed by atoms with Gasteiger partial charge in [-0.15, -0.1) is 22.7 Å². The summed E-state index contributed by atoms with van der Waals surface area (Å²) in [4.78, 5) is 24.6. The molecule has 9 heteroatoms. The third kappa shape index (κ3) is 3.31. The van der Waals surface area contributed by atoms with Gasteiger partial charge in [0.1, 0.15) is 16.3 Å². The molecule has 0 spiro atoms. The van der Waals surface area contributed by atoms with Crippen molar-refractivity contribution in [1.29, 1.82) is 0 Å². The number of thiophene rings is 2. The van der Waals surface area contributed by atoms with Gasteiger partial charge in [0.2, 0.25) is 0 Å². The van der Waals surface area contributed by atoms with E-state index in [0.717, 1.165) is 21.4 Å². The van der Waals surface area contributed by atoms with Crippen molar-refractivity contribution in [3.8, 4) is 16.9 Å². The molecular weight excluding hydrogens is 432 g/mol. The van der Waals surface area contributed by atoms with Gasteiger partial charge in [0, 0.05) is 21.2 Å². The zero-order chi connectivity index (χ0) is 21.6. The highest BCUT2D eigenvalue weighted by Gasteiger charge is 2.25. The molecule has 0 aliphatic carbocycles. The molecule has 0 bridgehead atoms. The maximum atomic E-state index is 14.4. The number of amides is 1. The van der Waals surface area contributed by atoms with Crippen LogP contribution in [0, 0.1) is 18.6 Å². The molecule has 152 valence electrons. The fourth-order valence-electron chi connectivity index (χ4n) is 3.07. The number of anilines is 1. The van der Waals surface area contributed by atoms with Crippen molar-refractivity contribution in [3.05, 3.63) is 69.4 Å². The van der Waals surface area contributed by atoms with Crippen LogP contribution in [0.25, 0.3) is 21.2 Å². The summed E-state index contributed by atoms with van der Waals surface area (Å²) in [6, 6.07) is 7.39. The van der Waals surface area contributed by atoms with Crippen molar-refractivity contribution in [2.24, 2.45) is 0 Å². The summed E-state index contributed by atoms with van der Waals surface area (Å²) in [5.41, 5.74) is -0.547. The Morgan fingerprint density at radius 1 is 1.03 bits per heavy atom. The minimum absolute atomic E-state index is 0.0280. The maximum absolute atomic E-state index is 14.4. The van der Waals surface area contributed by atoms with Crippen molar-refractivity contribution in [2.45, 2.75) is 6.92 Å². The predicted molar refractivity (Wildman–Crippen MR) is 113 cm³/mol. The molecule has 30 heavy (non-hydrogen) atoms. The highest BCUT2D eigenvalue weighted by molar-refractivity contribution is 7.17. The van der Waals surface area contributed by atoms with Gasteiger partial charge in [0.15, 0.2) is 11.6 Å². The molecule has 0 aliphatic heterocycles. The van der Waals surface area contributed by atoms with Gasteiger partial charge in [0.25, 0.3) is 5.91 Å². The van der Waals surface area contributed by atoms with Crippen molar-refractivity contribution in [1.82, 2.24) is 0 Å². The van der Waals surface area contributed by atoms with Crippen molar-refractivity contribution in [3.63, 3.8) is 0 Å². The number of carboxylic acids is 1. The molecule has 0 saturated heterocycles. The van der Waals surface area contributed by atoms with E-state index < -0.39 is 23.5 Å². The predicted octanol–water partition coefficient (Wildman–Crippen LogP) is 5.87. The number of hydrogen-bond acceptors (Lipinski definition) is 5. The summed E-state index contributed by atoms with van der Waals surface area (Å²) in [6.45, 7) is 1.40. The van der Waals surface area contributed by atoms with E-state index in [2.05, 4.69) is 5.32 Å². The van der Waals surface area contributed by atoms with Crippen LogP contribution in [0.1, 0.15) is 26.3 Å². The molecule has 0 fully saturated rings. The number of hydrogen-bond donors (Lipinski definition) is 3. The fourth-order valence-corrected chi connectivity index (χ4v) is 4.82. The number of halogens is 2. The van der Waals surface area contributed by atoms with E-state index in [9.17, 15) is 28.6 Å². The normalized spacial score (nSPS) is 11.0. The van der Waals surface area contributed by atoms with Crippen LogP contribution in [-0.2, 0) is 0 Å². The van der Waals surface area contributed by atoms with Gasteiger partial charge in [-0.3, -0.25) is 4.79 Å². The van der Waals surface area contributed by atoms with Crippen LogP contribution in [0.15, 0.2) is 41.1 Å². The summed E-state index contributed by atoms with van der Waals surface area (Å²) in [5.74, 6) is -4.59. The molecule has 0 unspecified atom stereocenters. The van der Waals surface area contributed by atoms with Crippen molar-refractivity contribution >= 4 is 49.6 Å². The number of phenols is 1. The number of aromatic carboxylic acids is 1. The topological polar surface area (TPSA) is 86.6 Å². The second-order valence-electron chi connectivity index (χ2n) is 6.50. The average Bonchev–Trinajstić information content (AvgIpc) is 3.32. The van der Waals surface area contributed by atoms with Gasteiger partial charge in [-0.2, -0.15) is 0 Å². The van der Waals surface area contributed by atoms with Crippen LogP contribution in [-0.4, -0.2) is 22.1 Å². The lowest BCUT2D eigenvalue weighted by Crippen LogP contribution is -2.14. The standard InChI is InChI=1S/C21H13F2NO4S2/c1-9-2-3-11(18(23)17(9)22)13-8-30-20(16(13)21(27)28)24-19(26)12-6-10-4-5-29-15(10)7-14(12)25/h2-8,25H,1H3,(H,24,26)(H,27,28). The number of aryl methyl sites for hydroxylation is 1. The van der Waals surface area contributed by atoms with Crippen LogP contribution in [0.3, 0.4) is 0 Å². The Bertz CT molecular complexity index is 1330. The molecule has 0 saturated carbocycles. The first kappa shape index (κ1) is 20.0. The van der Waals surface area contributed by atoms with E-state index in [1.807, 2.05) is 5.38 Å². The Labute approximate surface area is 176 Å². The van der Waals surface area contributed by atoms with E-state index in [0.29, 0.717) is 0 Å². The Morgan fingerprint density at radius 2 is 1.80 bits per heavy atom. The number of benzene rings is 2. The van der Waals surface area contributed by atoms with E-state index >= 15 is 0 Å². The third-order valence-corrected chi connectivity index (χ3v) is 6.39. The molecule has 2 aromatic carbocycles. The number of carboxylic acid groups (broad SMARTS) is 1. The first-order chi connectivity index (χ1) is 14.3. The number of aromatic hydroxyl groups is 1. The molecule has 0 atom stereocenters. The van der Waals surface area contributed by atoms with E-state index in [1.54, 1.807) is 6.07 Å². The zero-order valence-electron chi connectivity index (χ0n) is 15.3. The highest BCUT2D eigenvalue weighted by Crippen LogP contribution is 2.38. The number of carbonyl (C=O) groups is 2. The molecule has 0 aliphatic rings. The second kappa shape index (κ2) is 7.51. The lowest BCUT2D eigenvalue weighted by atomic mass is 10.0. The first-order valence-corrected chi connectivity index (χ1v) is 10.3. The van der Waals surface area contributed by atoms with Gasteiger partial charge in [-0.25, -0.2) is 13.6 Å². The van der Waals surface area contributed by atoms with Gasteiger partial charge < -0.3 is 15.5 Å². The lowest BCUT2D eigenvalue weighted by molar-refractivity contribution is 0.0699. The molecule has 5 nitrogen and oxygen atoms in total. The molecular formula is C21H13F2NO4S2. The Kier molecular flexibility index (Phi) is 5.00. The summed E-state index contributed by atoms with van der Waals surface area (Å²) in [5, 5.41) is 26.2. The molecule has 2 aromatic heterocycles. The van der Waals surface area contributed by atoms with Crippen LogP contribution in [0.5, 0.6) is 5.75 Å². The van der Waals surface area contributed by atoms with Gasteiger partial charge in [-0.1, -0.05) is 12.1 Å². The first-order valence-electron chi connectivity index (χ1n) is 8.59. The number of rotatable bonds is 4. The van der Waals surface area contributed by atoms with Gasteiger partial charge in [-0.05, 0) is 41.5 Å². The van der Waals surface area contributed by atoms with Crippen LogP contribution in [0.2, 0.25) is 0 Å². The van der Waals surface area contributed by atoms with Gasteiger partial charge >= 0.3 is 5.97 Å². The minimum Gasteiger partial charge on any atom is -0.507 e. The molecule has 2 heterocycles. The Balaban J connectivity index is 1.75.